The van der Waals surface area contributed by atoms with Crippen molar-refractivity contribution >= 4 is 23.2 Å². The van der Waals surface area contributed by atoms with Crippen molar-refractivity contribution in [3.8, 4) is 17.5 Å². The normalized spacial score (nSPS) is 17.4. The molecule has 1 aromatic carbocycles. The summed E-state index contributed by atoms with van der Waals surface area (Å²) in [5, 5.41) is 12.9. The van der Waals surface area contributed by atoms with E-state index in [0.717, 1.165) is 35.3 Å². The summed E-state index contributed by atoms with van der Waals surface area (Å²) >= 11 is 0. The van der Waals surface area contributed by atoms with Gasteiger partial charge in [0.2, 0.25) is 17.8 Å². The molecule has 2 aliphatic rings. The molecule has 3 heterocycles. The average molecular weight is 425 g/mol. The van der Waals surface area contributed by atoms with Gasteiger partial charge in [-0.25, -0.2) is 4.98 Å². The number of amides is 1. The van der Waals surface area contributed by atoms with Crippen LogP contribution < -0.4 is 10.7 Å². The van der Waals surface area contributed by atoms with Crippen LogP contribution in [0.25, 0.3) is 16.7 Å². The monoisotopic (exact) mass is 425 g/mol. The zero-order valence-corrected chi connectivity index (χ0v) is 17.2. The van der Waals surface area contributed by atoms with Crippen LogP contribution in [0.4, 0.5) is 0 Å². The minimum absolute atomic E-state index is 0.0822. The van der Waals surface area contributed by atoms with E-state index in [9.17, 15) is 14.8 Å². The summed E-state index contributed by atoms with van der Waals surface area (Å²) in [4.78, 5) is 30.1. The minimum Gasteiger partial charge on any atom is -0.349 e. The number of nitrogens with zero attached hydrogens (tertiary/aromatic N) is 3. The van der Waals surface area contributed by atoms with Gasteiger partial charge in [-0.15, -0.1) is 0 Å². The second-order valence-electron chi connectivity index (χ2n) is 7.94. The first-order chi connectivity index (χ1) is 15.6. The molecule has 1 atom stereocenters. The lowest BCUT2D eigenvalue weighted by Crippen LogP contribution is -2.31. The second-order valence-corrected chi connectivity index (χ2v) is 7.94. The van der Waals surface area contributed by atoms with Crippen LogP contribution in [0.3, 0.4) is 0 Å². The highest BCUT2D eigenvalue weighted by molar-refractivity contribution is 5.97. The highest BCUT2D eigenvalue weighted by Crippen LogP contribution is 2.20. The number of pyridine rings is 2. The van der Waals surface area contributed by atoms with Crippen LogP contribution in [0, 0.1) is 17.8 Å². The van der Waals surface area contributed by atoms with Crippen molar-refractivity contribution in [1.82, 2.24) is 14.9 Å². The Kier molecular flexibility index (Phi) is 5.04. The Morgan fingerprint density at radius 2 is 2.12 bits per heavy atom. The zero-order valence-electron chi connectivity index (χ0n) is 17.2. The van der Waals surface area contributed by atoms with Gasteiger partial charge in [0, 0.05) is 29.7 Å². The number of benzene rings is 1. The van der Waals surface area contributed by atoms with Crippen LogP contribution in [-0.2, 0) is 0 Å². The molecule has 2 aromatic heterocycles. The van der Waals surface area contributed by atoms with Gasteiger partial charge in [-0.1, -0.05) is 17.9 Å². The molecule has 0 saturated heterocycles. The Bertz CT molecular complexity index is 1400. The summed E-state index contributed by atoms with van der Waals surface area (Å²) in [5.74, 6) is 5.86. The summed E-state index contributed by atoms with van der Waals surface area (Å²) in [6.45, 7) is 0. The van der Waals surface area contributed by atoms with E-state index in [-0.39, 0.29) is 28.9 Å². The number of hydroxylamine groups is 1. The molecule has 32 heavy (non-hydrogen) atoms. The van der Waals surface area contributed by atoms with E-state index >= 15 is 0 Å². The molecular weight excluding hydrogens is 404 g/mol. The second kappa shape index (κ2) is 8.16. The number of aromatic nitrogens is 2. The first-order valence-electron chi connectivity index (χ1n) is 10.5. The van der Waals surface area contributed by atoms with Crippen molar-refractivity contribution < 1.29 is 14.7 Å². The molecular formula is C25H21N4O3+. The minimum atomic E-state index is -0.359. The third-order valence-corrected chi connectivity index (χ3v) is 5.43. The predicted molar refractivity (Wildman–Crippen MR) is 120 cm³/mol. The Morgan fingerprint density at radius 3 is 2.94 bits per heavy atom. The molecule has 1 saturated carbocycles. The number of nitrogens with one attached hydrogen (secondary N) is 1. The smallest absolute Gasteiger partial charge is 0.257 e. The van der Waals surface area contributed by atoms with Gasteiger partial charge in [-0.3, -0.25) is 14.8 Å². The highest BCUT2D eigenvalue weighted by Gasteiger charge is 2.26. The topological polar surface area (TPSA) is 87.2 Å². The summed E-state index contributed by atoms with van der Waals surface area (Å²) in [5.41, 5.74) is 1.78. The summed E-state index contributed by atoms with van der Waals surface area (Å²) in [7, 11) is 0. The van der Waals surface area contributed by atoms with Crippen molar-refractivity contribution in [2.75, 3.05) is 0 Å². The highest BCUT2D eigenvalue weighted by atomic mass is 16.5. The van der Waals surface area contributed by atoms with E-state index in [1.54, 1.807) is 41.5 Å². The molecule has 1 fully saturated rings. The maximum atomic E-state index is 13.0. The van der Waals surface area contributed by atoms with Gasteiger partial charge in [0.05, 0.1) is 5.39 Å². The number of hydrogen-bond acceptors (Lipinski definition) is 4. The lowest BCUT2D eigenvalue weighted by molar-refractivity contribution is -0.724. The molecule has 0 radical (unpaired) electrons. The fraction of sp³-hybridized carbons (Fsp3) is 0.200. The van der Waals surface area contributed by atoms with Gasteiger partial charge in [-0.05, 0) is 60.4 Å². The van der Waals surface area contributed by atoms with Gasteiger partial charge >= 0.3 is 0 Å². The van der Waals surface area contributed by atoms with E-state index in [4.69, 9.17) is 0 Å². The summed E-state index contributed by atoms with van der Waals surface area (Å²) < 4.78 is 2.78. The fourth-order valence-electron chi connectivity index (χ4n) is 3.63. The van der Waals surface area contributed by atoms with Gasteiger partial charge < -0.3 is 9.88 Å². The van der Waals surface area contributed by atoms with Gasteiger partial charge in [0.1, 0.15) is 17.1 Å². The molecule has 5 rings (SSSR count). The molecule has 7 nitrogen and oxygen atoms in total. The Labute approximate surface area is 184 Å². The van der Waals surface area contributed by atoms with Crippen LogP contribution in [0.15, 0.2) is 65.9 Å². The predicted octanol–water partition coefficient (Wildman–Crippen LogP) is 2.64. The van der Waals surface area contributed by atoms with Crippen LogP contribution >= 0.6 is 0 Å². The maximum Gasteiger partial charge on any atom is 0.257 e. The summed E-state index contributed by atoms with van der Waals surface area (Å²) in [6.07, 6.45) is 10.9. The quantitative estimate of drug-likeness (QED) is 0.384. The van der Waals surface area contributed by atoms with Crippen molar-refractivity contribution in [3.63, 3.8) is 0 Å². The Balaban J connectivity index is 1.57. The van der Waals surface area contributed by atoms with Crippen LogP contribution in [0.2, 0.25) is 0 Å². The van der Waals surface area contributed by atoms with E-state index in [2.05, 4.69) is 22.1 Å². The third-order valence-electron chi connectivity index (χ3n) is 5.43. The number of rotatable bonds is 3. The average Bonchev–Trinajstić information content (AvgIpc) is 3.62. The SMILES string of the molecule is O=C(NC1CC1)c1cn(-c2cccc(C#CC3C=[N+](O)C=CC3)c2)c2ncccc2c1=O. The number of allylic oxidation sites excluding steroid dienone is 1. The Hall–Kier alpha value is -4.18. The molecule has 1 unspecified atom stereocenters. The molecule has 0 spiro atoms. The molecule has 3 aromatic rings. The first-order valence-corrected chi connectivity index (χ1v) is 10.5. The van der Waals surface area contributed by atoms with Crippen molar-refractivity contribution in [1.29, 1.82) is 0 Å². The van der Waals surface area contributed by atoms with E-state index in [1.807, 2.05) is 30.3 Å². The lowest BCUT2D eigenvalue weighted by Gasteiger charge is -2.13. The van der Waals surface area contributed by atoms with E-state index < -0.39 is 0 Å². The third kappa shape index (κ3) is 4.03. The zero-order chi connectivity index (χ0) is 22.1. The lowest BCUT2D eigenvalue weighted by atomic mass is 10.1. The van der Waals surface area contributed by atoms with Crippen molar-refractivity contribution in [2.45, 2.75) is 25.3 Å². The molecule has 1 aliphatic carbocycles. The maximum absolute atomic E-state index is 13.0. The van der Waals surface area contributed by atoms with Gasteiger partial charge in [-0.2, -0.15) is 0 Å². The van der Waals surface area contributed by atoms with Crippen LogP contribution in [0.1, 0.15) is 35.2 Å². The number of hydrogen-bond donors (Lipinski definition) is 2. The molecule has 2 N–H and O–H groups in total. The van der Waals surface area contributed by atoms with Crippen molar-refractivity contribution in [2.24, 2.45) is 5.92 Å². The van der Waals surface area contributed by atoms with Crippen molar-refractivity contribution in [3.05, 3.63) is 82.4 Å². The van der Waals surface area contributed by atoms with Gasteiger partial charge in [0.25, 0.3) is 5.91 Å². The number of fused-ring (bicyclic) bond motifs is 1. The molecule has 7 heteroatoms. The first kappa shape index (κ1) is 19.8. The van der Waals surface area contributed by atoms with Crippen LogP contribution in [0.5, 0.6) is 0 Å². The molecule has 1 aliphatic heterocycles. The molecule has 158 valence electrons. The van der Waals surface area contributed by atoms with Gasteiger partial charge in [0.15, 0.2) is 0 Å². The van der Waals surface area contributed by atoms with E-state index in [1.165, 1.54) is 0 Å². The fourth-order valence-corrected chi connectivity index (χ4v) is 3.63. The Morgan fingerprint density at radius 1 is 1.25 bits per heavy atom. The van der Waals surface area contributed by atoms with Crippen LogP contribution in [-0.4, -0.2) is 37.7 Å². The molecule has 1 amide bonds. The summed E-state index contributed by atoms with van der Waals surface area (Å²) in [6, 6.07) is 11.1. The number of carbonyl (C=O) groups excluding carboxylic acids is 1. The number of carbonyl (C=O) groups is 1. The molecule has 0 bridgehead atoms. The largest absolute Gasteiger partial charge is 0.349 e. The standard InChI is InChI=1S/C25H20N4O3/c30-23-21-7-2-12-26-24(21)29(16-22(23)25(31)27-19-10-11-19)20-6-1-4-17(14-20)8-9-18-5-3-13-28(32)15-18/h1-4,6-7,12-16,18-19H,5,10-11H2,(H-,27,31,32)/p+1. The van der Waals surface area contributed by atoms with E-state index in [0.29, 0.717) is 11.0 Å².